The zero-order valence-electron chi connectivity index (χ0n) is 10.2. The van der Waals surface area contributed by atoms with E-state index in [9.17, 15) is 4.79 Å². The van der Waals surface area contributed by atoms with Crippen LogP contribution in [0.3, 0.4) is 0 Å². The molecule has 2 aliphatic heterocycles. The fourth-order valence-electron chi connectivity index (χ4n) is 2.34. The Labute approximate surface area is 111 Å². The van der Waals surface area contributed by atoms with Crippen LogP contribution in [0.5, 0.6) is 0 Å². The molecule has 0 N–H and O–H groups in total. The highest BCUT2D eigenvalue weighted by molar-refractivity contribution is 9.09. The Morgan fingerprint density at radius 3 is 2.88 bits per heavy atom. The zero-order chi connectivity index (χ0) is 12.3. The van der Waals surface area contributed by atoms with Crippen LogP contribution in [0.4, 0.5) is 0 Å². The summed E-state index contributed by atoms with van der Waals surface area (Å²) in [6, 6.07) is 0.156. The zero-order valence-corrected chi connectivity index (χ0v) is 11.8. The number of amides is 1. The van der Waals surface area contributed by atoms with Crippen molar-refractivity contribution in [3.05, 3.63) is 0 Å². The SMILES string of the molecule is CC1COC(CBr)CN1C(=O)C1CCCCO1. The van der Waals surface area contributed by atoms with E-state index in [1.54, 1.807) is 0 Å². The average Bonchev–Trinajstić information content (AvgIpc) is 2.39. The first-order valence-electron chi connectivity index (χ1n) is 6.32. The third-order valence-electron chi connectivity index (χ3n) is 3.42. The van der Waals surface area contributed by atoms with Crippen LogP contribution in [0.1, 0.15) is 26.2 Å². The van der Waals surface area contributed by atoms with E-state index in [1.807, 2.05) is 11.8 Å². The second-order valence-corrected chi connectivity index (χ2v) is 5.45. The van der Waals surface area contributed by atoms with Gasteiger partial charge in [0.15, 0.2) is 0 Å². The Hall–Kier alpha value is -0.130. The number of hydrogen-bond donors (Lipinski definition) is 0. The molecule has 17 heavy (non-hydrogen) atoms. The van der Waals surface area contributed by atoms with E-state index in [2.05, 4.69) is 15.9 Å². The Balaban J connectivity index is 1.95. The maximum absolute atomic E-state index is 12.4. The summed E-state index contributed by atoms with van der Waals surface area (Å²) in [6.45, 7) is 4.04. The highest BCUT2D eigenvalue weighted by Crippen LogP contribution is 2.20. The molecule has 0 spiro atoms. The van der Waals surface area contributed by atoms with Crippen LogP contribution in [0.25, 0.3) is 0 Å². The van der Waals surface area contributed by atoms with Gasteiger partial charge in [-0.3, -0.25) is 4.79 Å². The highest BCUT2D eigenvalue weighted by Gasteiger charge is 2.34. The van der Waals surface area contributed by atoms with Crippen LogP contribution in [0.2, 0.25) is 0 Å². The molecule has 2 rings (SSSR count). The van der Waals surface area contributed by atoms with Gasteiger partial charge in [0.1, 0.15) is 6.10 Å². The molecule has 2 heterocycles. The van der Waals surface area contributed by atoms with E-state index in [-0.39, 0.29) is 24.2 Å². The monoisotopic (exact) mass is 305 g/mol. The normalized spacial score (nSPS) is 34.7. The fraction of sp³-hybridized carbons (Fsp3) is 0.917. The Morgan fingerprint density at radius 1 is 1.41 bits per heavy atom. The smallest absolute Gasteiger partial charge is 0.252 e. The maximum Gasteiger partial charge on any atom is 0.252 e. The van der Waals surface area contributed by atoms with Gasteiger partial charge in [0, 0.05) is 18.5 Å². The lowest BCUT2D eigenvalue weighted by atomic mass is 10.1. The lowest BCUT2D eigenvalue weighted by Gasteiger charge is -2.39. The van der Waals surface area contributed by atoms with Gasteiger partial charge in [0.05, 0.1) is 18.8 Å². The second kappa shape index (κ2) is 6.16. The third kappa shape index (κ3) is 3.20. The van der Waals surface area contributed by atoms with Crippen molar-refractivity contribution in [1.82, 2.24) is 4.90 Å². The number of ether oxygens (including phenoxy) is 2. The summed E-state index contributed by atoms with van der Waals surface area (Å²) >= 11 is 3.41. The molecule has 2 fully saturated rings. The van der Waals surface area contributed by atoms with Gasteiger partial charge < -0.3 is 14.4 Å². The van der Waals surface area contributed by atoms with Crippen LogP contribution in [0.15, 0.2) is 0 Å². The molecule has 5 heteroatoms. The summed E-state index contributed by atoms with van der Waals surface area (Å²) in [6.07, 6.45) is 2.92. The van der Waals surface area contributed by atoms with Crippen LogP contribution >= 0.6 is 15.9 Å². The van der Waals surface area contributed by atoms with E-state index in [4.69, 9.17) is 9.47 Å². The molecule has 3 unspecified atom stereocenters. The van der Waals surface area contributed by atoms with Gasteiger partial charge in [-0.05, 0) is 26.2 Å². The number of alkyl halides is 1. The number of rotatable bonds is 2. The number of hydrogen-bond acceptors (Lipinski definition) is 3. The first-order valence-corrected chi connectivity index (χ1v) is 7.44. The highest BCUT2D eigenvalue weighted by atomic mass is 79.9. The molecule has 0 aromatic heterocycles. The average molecular weight is 306 g/mol. The van der Waals surface area contributed by atoms with Crippen molar-refractivity contribution >= 4 is 21.8 Å². The van der Waals surface area contributed by atoms with Gasteiger partial charge in [0.2, 0.25) is 0 Å². The van der Waals surface area contributed by atoms with E-state index >= 15 is 0 Å². The topological polar surface area (TPSA) is 38.8 Å². The minimum Gasteiger partial charge on any atom is -0.373 e. The first kappa shape index (κ1) is 13.3. The van der Waals surface area contributed by atoms with Crippen LogP contribution in [0, 0.1) is 0 Å². The molecule has 0 aromatic rings. The predicted molar refractivity (Wildman–Crippen MR) is 68.3 cm³/mol. The molecule has 4 nitrogen and oxygen atoms in total. The third-order valence-corrected chi connectivity index (χ3v) is 4.14. The molecule has 0 bridgehead atoms. The molecule has 2 saturated heterocycles. The van der Waals surface area contributed by atoms with Crippen molar-refractivity contribution in [3.8, 4) is 0 Å². The number of carbonyl (C=O) groups excluding carboxylic acids is 1. The Morgan fingerprint density at radius 2 is 2.24 bits per heavy atom. The number of nitrogens with zero attached hydrogens (tertiary/aromatic N) is 1. The van der Waals surface area contributed by atoms with Crippen molar-refractivity contribution in [2.75, 3.05) is 25.1 Å². The van der Waals surface area contributed by atoms with Gasteiger partial charge in [-0.15, -0.1) is 0 Å². The lowest BCUT2D eigenvalue weighted by molar-refractivity contribution is -0.157. The van der Waals surface area contributed by atoms with Gasteiger partial charge in [0.25, 0.3) is 5.91 Å². The lowest BCUT2D eigenvalue weighted by Crippen LogP contribution is -2.55. The van der Waals surface area contributed by atoms with E-state index in [0.29, 0.717) is 13.2 Å². The molecule has 0 radical (unpaired) electrons. The summed E-state index contributed by atoms with van der Waals surface area (Å²) in [5, 5.41) is 0.773. The van der Waals surface area contributed by atoms with E-state index < -0.39 is 0 Å². The van der Waals surface area contributed by atoms with Crippen LogP contribution in [-0.4, -0.2) is 54.1 Å². The predicted octanol–water partition coefficient (Wildman–Crippen LogP) is 1.57. The number of carbonyl (C=O) groups is 1. The van der Waals surface area contributed by atoms with Crippen molar-refractivity contribution in [3.63, 3.8) is 0 Å². The molecule has 0 aromatic carbocycles. The van der Waals surface area contributed by atoms with Crippen LogP contribution < -0.4 is 0 Å². The molecular weight excluding hydrogens is 286 g/mol. The molecule has 1 amide bonds. The van der Waals surface area contributed by atoms with Crippen LogP contribution in [-0.2, 0) is 14.3 Å². The maximum atomic E-state index is 12.4. The molecular formula is C12H20BrNO3. The molecule has 0 aliphatic carbocycles. The summed E-state index contributed by atoms with van der Waals surface area (Å²) in [4.78, 5) is 14.3. The molecule has 98 valence electrons. The van der Waals surface area contributed by atoms with Crippen molar-refractivity contribution in [2.24, 2.45) is 0 Å². The van der Waals surface area contributed by atoms with Gasteiger partial charge in [-0.1, -0.05) is 15.9 Å². The van der Waals surface area contributed by atoms with Gasteiger partial charge >= 0.3 is 0 Å². The Kier molecular flexibility index (Phi) is 4.82. The number of halogens is 1. The fourth-order valence-corrected chi connectivity index (χ4v) is 2.73. The minimum atomic E-state index is -0.222. The molecule has 0 saturated carbocycles. The summed E-state index contributed by atoms with van der Waals surface area (Å²) in [5.41, 5.74) is 0. The number of morpholine rings is 1. The largest absolute Gasteiger partial charge is 0.373 e. The quantitative estimate of drug-likeness (QED) is 0.727. The Bertz CT molecular complexity index is 268. The molecule has 3 atom stereocenters. The van der Waals surface area contributed by atoms with Crippen molar-refractivity contribution in [2.45, 2.75) is 44.4 Å². The first-order chi connectivity index (χ1) is 8.22. The van der Waals surface area contributed by atoms with E-state index in [0.717, 1.165) is 31.2 Å². The van der Waals surface area contributed by atoms with E-state index in [1.165, 1.54) is 0 Å². The van der Waals surface area contributed by atoms with Gasteiger partial charge in [-0.25, -0.2) is 0 Å². The summed E-state index contributed by atoms with van der Waals surface area (Å²) in [5.74, 6) is 0.145. The van der Waals surface area contributed by atoms with Gasteiger partial charge in [-0.2, -0.15) is 0 Å². The van der Waals surface area contributed by atoms with Crippen molar-refractivity contribution in [1.29, 1.82) is 0 Å². The standard InChI is InChI=1S/C12H20BrNO3/c1-9-8-17-10(6-13)7-14(9)12(15)11-4-2-3-5-16-11/h9-11H,2-8H2,1H3. The van der Waals surface area contributed by atoms with Crippen molar-refractivity contribution < 1.29 is 14.3 Å². The summed E-state index contributed by atoms with van der Waals surface area (Å²) in [7, 11) is 0. The second-order valence-electron chi connectivity index (χ2n) is 4.80. The minimum absolute atomic E-state index is 0.110. The molecule has 2 aliphatic rings. The summed E-state index contributed by atoms with van der Waals surface area (Å²) < 4.78 is 11.2.